The van der Waals surface area contributed by atoms with E-state index in [1.807, 2.05) is 0 Å². The maximum atomic E-state index is 12.2. The first kappa shape index (κ1) is 31.8. The van der Waals surface area contributed by atoms with Crippen LogP contribution < -0.4 is 26.3 Å². The number of thiocarbonyl (C=S) groups is 1. The Labute approximate surface area is 214 Å². The van der Waals surface area contributed by atoms with Gasteiger partial charge >= 0.3 is 11.9 Å². The summed E-state index contributed by atoms with van der Waals surface area (Å²) >= 11 is 4.71. The molecule has 0 bridgehead atoms. The number of hydrogen-bond acceptors (Lipinski definition) is 10. The number of rotatable bonds is 16. The summed E-state index contributed by atoms with van der Waals surface area (Å²) < 4.78 is 15.7. The van der Waals surface area contributed by atoms with E-state index in [2.05, 4.69) is 10.2 Å². The summed E-state index contributed by atoms with van der Waals surface area (Å²) in [6, 6.07) is 3.95. The summed E-state index contributed by atoms with van der Waals surface area (Å²) in [6.45, 7) is 0.707. The van der Waals surface area contributed by atoms with Crippen LogP contribution in [0.1, 0.15) is 37.7 Å². The largest absolute Gasteiger partial charge is 0.493 e. The molecule has 1 aromatic rings. The number of methoxy groups -OCH3 is 1. The number of unbranched alkanes of at least 4 members (excludes halogenated alkanes) is 2. The molecule has 0 radical (unpaired) electrons. The minimum Gasteiger partial charge on any atom is -0.493 e. The van der Waals surface area contributed by atoms with Crippen LogP contribution in [0.5, 0.6) is 11.5 Å². The predicted molar refractivity (Wildman–Crippen MR) is 135 cm³/mol. The average molecular weight is 535 g/mol. The van der Waals surface area contributed by atoms with Crippen molar-refractivity contribution >= 4 is 47.8 Å². The van der Waals surface area contributed by atoms with Crippen LogP contribution in [0, 0.1) is 10.1 Å². The highest BCUT2D eigenvalue weighted by atomic mass is 35.5. The zero-order valence-electron chi connectivity index (χ0n) is 19.3. The summed E-state index contributed by atoms with van der Waals surface area (Å²) in [6.07, 6.45) is 5.44. The first-order valence-corrected chi connectivity index (χ1v) is 10.9. The van der Waals surface area contributed by atoms with Crippen LogP contribution in [0.15, 0.2) is 24.3 Å². The maximum Gasteiger partial charge on any atom is 0.330 e. The Hall–Kier alpha value is -3.16. The van der Waals surface area contributed by atoms with Crippen molar-refractivity contribution in [3.63, 3.8) is 0 Å². The molecule has 1 atom stereocenters. The van der Waals surface area contributed by atoms with Gasteiger partial charge in [-0.25, -0.2) is 9.59 Å². The van der Waals surface area contributed by atoms with Crippen molar-refractivity contribution in [3.05, 3.63) is 40.0 Å². The third-order valence-corrected chi connectivity index (χ3v) is 4.48. The SMILES string of the molecule is COc1cc(/C=C/C(=O)OCCCCCO[N+](=O)[O-])ccc1OC(=O)C(N)CCCNC(N)=S.Cl. The van der Waals surface area contributed by atoms with Gasteiger partial charge in [-0.1, -0.05) is 6.07 Å². The van der Waals surface area contributed by atoms with Crippen LogP contribution in [0.3, 0.4) is 0 Å². The average Bonchev–Trinajstić information content (AvgIpc) is 2.79. The molecule has 1 unspecified atom stereocenters. The predicted octanol–water partition coefficient (Wildman–Crippen LogP) is 1.90. The second-order valence-corrected chi connectivity index (χ2v) is 7.43. The topological polar surface area (TPSA) is 178 Å². The molecule has 196 valence electrons. The summed E-state index contributed by atoms with van der Waals surface area (Å²) in [7, 11) is 1.42. The van der Waals surface area contributed by atoms with Gasteiger partial charge in [0.2, 0.25) is 0 Å². The number of halogens is 1. The Kier molecular flexibility index (Phi) is 16.6. The van der Waals surface area contributed by atoms with Crippen LogP contribution in [0.4, 0.5) is 0 Å². The van der Waals surface area contributed by atoms with Crippen molar-refractivity contribution < 1.29 is 33.7 Å². The standard InChI is InChI=1S/C21H30N4O8S.ClH/c1-30-18-14-15(8-10-19(26)31-12-3-2-4-13-32-25(28)29)7-9-17(18)33-20(27)16(22)6-5-11-24-21(23)34;/h7-10,14,16H,2-6,11-13,22H2,1H3,(H3,23,24,34);1H/b10-8+;. The number of benzene rings is 1. The van der Waals surface area contributed by atoms with Gasteiger partial charge in [0, 0.05) is 12.6 Å². The lowest BCUT2D eigenvalue weighted by Gasteiger charge is -2.14. The molecule has 14 heteroatoms. The van der Waals surface area contributed by atoms with Gasteiger partial charge in [-0.3, -0.25) is 0 Å². The van der Waals surface area contributed by atoms with Gasteiger partial charge in [-0.2, -0.15) is 0 Å². The quantitative estimate of drug-likeness (QED) is 0.0534. The molecular weight excluding hydrogens is 504 g/mol. The van der Waals surface area contributed by atoms with Crippen molar-refractivity contribution in [1.82, 2.24) is 5.32 Å². The van der Waals surface area contributed by atoms with Gasteiger partial charge in [0.1, 0.15) is 6.04 Å². The molecular formula is C21H31ClN4O8S. The minimum atomic E-state index is -0.841. The highest BCUT2D eigenvalue weighted by Crippen LogP contribution is 2.29. The van der Waals surface area contributed by atoms with Crippen molar-refractivity contribution in [2.24, 2.45) is 11.5 Å². The number of nitrogens with two attached hydrogens (primary N) is 2. The number of hydrogen-bond donors (Lipinski definition) is 3. The number of carbonyl (C=O) groups excluding carboxylic acids is 2. The van der Waals surface area contributed by atoms with Gasteiger partial charge in [-0.05, 0) is 68.1 Å². The Balaban J connectivity index is 0.0000116. The summed E-state index contributed by atoms with van der Waals surface area (Å²) in [4.78, 5) is 38.3. The Morgan fingerprint density at radius 1 is 1.20 bits per heavy atom. The van der Waals surface area contributed by atoms with Crippen LogP contribution in [-0.2, 0) is 19.2 Å². The van der Waals surface area contributed by atoms with E-state index in [1.165, 1.54) is 25.3 Å². The number of esters is 2. The molecule has 5 N–H and O–H groups in total. The second-order valence-electron chi connectivity index (χ2n) is 6.99. The Bertz CT molecular complexity index is 872. The first-order chi connectivity index (χ1) is 16.2. The molecule has 0 fully saturated rings. The smallest absolute Gasteiger partial charge is 0.330 e. The van der Waals surface area contributed by atoms with Gasteiger partial charge in [0.25, 0.3) is 5.09 Å². The fourth-order valence-electron chi connectivity index (χ4n) is 2.61. The number of nitrogens with one attached hydrogen (secondary N) is 1. The summed E-state index contributed by atoms with van der Waals surface area (Å²) in [5.74, 6) is -0.648. The van der Waals surface area contributed by atoms with Gasteiger partial charge < -0.3 is 35.8 Å². The van der Waals surface area contributed by atoms with Crippen LogP contribution >= 0.6 is 24.6 Å². The van der Waals surface area contributed by atoms with E-state index >= 15 is 0 Å². The third kappa shape index (κ3) is 14.7. The third-order valence-electron chi connectivity index (χ3n) is 4.33. The lowest BCUT2D eigenvalue weighted by Crippen LogP contribution is -2.36. The number of nitrogens with zero attached hydrogens (tertiary/aromatic N) is 1. The number of carbonyl (C=O) groups is 2. The molecule has 12 nitrogen and oxygen atoms in total. The van der Waals surface area contributed by atoms with E-state index in [1.54, 1.807) is 12.1 Å². The Morgan fingerprint density at radius 2 is 1.91 bits per heavy atom. The Morgan fingerprint density at radius 3 is 2.57 bits per heavy atom. The zero-order chi connectivity index (χ0) is 25.3. The molecule has 0 aliphatic carbocycles. The molecule has 1 rings (SSSR count). The lowest BCUT2D eigenvalue weighted by molar-refractivity contribution is -0.757. The van der Waals surface area contributed by atoms with Crippen molar-refractivity contribution in [1.29, 1.82) is 0 Å². The van der Waals surface area contributed by atoms with E-state index in [-0.39, 0.29) is 36.5 Å². The lowest BCUT2D eigenvalue weighted by atomic mass is 10.1. The second kappa shape index (κ2) is 18.2. The van der Waals surface area contributed by atoms with Crippen molar-refractivity contribution in [2.45, 2.75) is 38.1 Å². The molecule has 0 saturated heterocycles. The van der Waals surface area contributed by atoms with Gasteiger partial charge in [0.05, 0.1) is 20.3 Å². The van der Waals surface area contributed by atoms with E-state index in [9.17, 15) is 19.7 Å². The van der Waals surface area contributed by atoms with E-state index < -0.39 is 23.1 Å². The molecule has 35 heavy (non-hydrogen) atoms. The van der Waals surface area contributed by atoms with Crippen LogP contribution in [0.2, 0.25) is 0 Å². The van der Waals surface area contributed by atoms with E-state index in [0.29, 0.717) is 50.0 Å². The fourth-order valence-corrected chi connectivity index (χ4v) is 2.71. The fraction of sp³-hybridized carbons (Fsp3) is 0.476. The van der Waals surface area contributed by atoms with Gasteiger partial charge in [-0.15, -0.1) is 22.5 Å². The van der Waals surface area contributed by atoms with Gasteiger partial charge in [0.15, 0.2) is 16.6 Å². The van der Waals surface area contributed by atoms with Crippen molar-refractivity contribution in [3.8, 4) is 11.5 Å². The highest BCUT2D eigenvalue weighted by molar-refractivity contribution is 7.80. The maximum absolute atomic E-state index is 12.2. The summed E-state index contributed by atoms with van der Waals surface area (Å²) in [5.41, 5.74) is 11.8. The van der Waals surface area contributed by atoms with E-state index in [0.717, 1.165) is 0 Å². The number of ether oxygens (including phenoxy) is 3. The van der Waals surface area contributed by atoms with Crippen LogP contribution in [-0.4, -0.2) is 55.0 Å². The highest BCUT2D eigenvalue weighted by Gasteiger charge is 2.18. The van der Waals surface area contributed by atoms with Crippen molar-refractivity contribution in [2.75, 3.05) is 26.9 Å². The van der Waals surface area contributed by atoms with E-state index in [4.69, 9.17) is 37.9 Å². The summed E-state index contributed by atoms with van der Waals surface area (Å²) in [5, 5.41) is 12.1. The molecule has 0 aliphatic rings. The zero-order valence-corrected chi connectivity index (χ0v) is 20.9. The van der Waals surface area contributed by atoms with Crippen LogP contribution in [0.25, 0.3) is 6.08 Å². The molecule has 0 heterocycles. The minimum absolute atomic E-state index is 0. The monoisotopic (exact) mass is 534 g/mol. The normalized spacial score (nSPS) is 11.1. The first-order valence-electron chi connectivity index (χ1n) is 10.5. The molecule has 0 aliphatic heterocycles. The molecule has 0 saturated carbocycles. The molecule has 1 aromatic carbocycles. The molecule has 0 spiro atoms. The molecule has 0 aromatic heterocycles. The molecule has 0 amide bonds.